The smallest absolute Gasteiger partial charge is 0.281 e. The van der Waals surface area contributed by atoms with E-state index in [1.54, 1.807) is 19.1 Å². The molecule has 0 spiro atoms. The predicted molar refractivity (Wildman–Crippen MR) is 122 cm³/mol. The highest BCUT2D eigenvalue weighted by molar-refractivity contribution is 7.83. The number of carbonyl (C=O) groups excluding carboxylic acids is 1. The monoisotopic (exact) mass is 437 g/mol. The maximum atomic E-state index is 12.3. The lowest BCUT2D eigenvalue weighted by Crippen LogP contribution is -2.27. The van der Waals surface area contributed by atoms with Gasteiger partial charge in [-0.15, -0.1) is 0 Å². The summed E-state index contributed by atoms with van der Waals surface area (Å²) in [4.78, 5) is 20.3. The Bertz CT molecular complexity index is 1240. The van der Waals surface area contributed by atoms with E-state index in [0.29, 0.717) is 17.2 Å². The fourth-order valence-corrected chi connectivity index (χ4v) is 4.00. The number of aromatic nitrogens is 2. The molecule has 152 valence electrons. The van der Waals surface area contributed by atoms with Crippen LogP contribution >= 0.6 is 11.6 Å². The molecule has 2 N–H and O–H groups in total. The van der Waals surface area contributed by atoms with Crippen LogP contribution in [0.2, 0.25) is 5.02 Å². The van der Waals surface area contributed by atoms with Gasteiger partial charge in [-0.25, -0.2) is 9.19 Å². The minimum atomic E-state index is -1.40. The first-order chi connectivity index (χ1) is 14.5. The van der Waals surface area contributed by atoms with Crippen molar-refractivity contribution in [2.24, 2.45) is 0 Å². The maximum absolute atomic E-state index is 12.3. The number of benzene rings is 2. The van der Waals surface area contributed by atoms with Crippen LogP contribution in [-0.2, 0) is 17.4 Å². The number of H-pyrrole nitrogens is 1. The third-order valence-corrected chi connectivity index (χ3v) is 5.97. The van der Waals surface area contributed by atoms with Crippen molar-refractivity contribution in [3.05, 3.63) is 88.7 Å². The average molecular weight is 438 g/mol. The van der Waals surface area contributed by atoms with Gasteiger partial charge in [-0.05, 0) is 35.4 Å². The summed E-state index contributed by atoms with van der Waals surface area (Å²) in [5.41, 5.74) is 5.08. The number of amides is 1. The van der Waals surface area contributed by atoms with Crippen molar-refractivity contribution in [3.8, 4) is 11.3 Å². The molecule has 2 aromatic carbocycles. The van der Waals surface area contributed by atoms with Crippen molar-refractivity contribution in [2.75, 3.05) is 5.75 Å². The Hall–Kier alpha value is -2.96. The molecule has 0 radical (unpaired) electrons. The Morgan fingerprint density at radius 1 is 1.10 bits per heavy atom. The number of hydrogen-bond donors (Lipinski definition) is 2. The molecular formula is C23H20ClN3O2S. The van der Waals surface area contributed by atoms with Crippen LogP contribution in [0.4, 0.5) is 0 Å². The molecule has 1 amide bonds. The number of fused-ring (bicyclic) bond motifs is 1. The summed E-state index contributed by atoms with van der Waals surface area (Å²) in [6, 6.07) is 21.1. The van der Waals surface area contributed by atoms with Crippen LogP contribution < -0.4 is 4.72 Å². The standard InChI is InChI=1S/C23H20ClN3O2S/c1-2-30(29)27-23(28)20-10-6-9-17(25-20)14-19-18-12-11-16(24)13-21(18)26-22(19)15-7-4-3-5-8-15/h3-13,26H,2,14H2,1H3,(H,27,28). The van der Waals surface area contributed by atoms with Crippen LogP contribution in [0.5, 0.6) is 0 Å². The van der Waals surface area contributed by atoms with E-state index in [1.807, 2.05) is 54.6 Å². The van der Waals surface area contributed by atoms with Crippen molar-refractivity contribution in [2.45, 2.75) is 13.3 Å². The van der Waals surface area contributed by atoms with Gasteiger partial charge in [-0.3, -0.25) is 9.52 Å². The van der Waals surface area contributed by atoms with Crippen LogP contribution in [0.25, 0.3) is 22.2 Å². The quantitative estimate of drug-likeness (QED) is 0.451. The van der Waals surface area contributed by atoms with Gasteiger partial charge in [0, 0.05) is 33.8 Å². The van der Waals surface area contributed by atoms with Crippen molar-refractivity contribution in [1.29, 1.82) is 0 Å². The van der Waals surface area contributed by atoms with Crippen LogP contribution in [0.1, 0.15) is 28.7 Å². The summed E-state index contributed by atoms with van der Waals surface area (Å²) in [5, 5.41) is 1.72. The van der Waals surface area contributed by atoms with Gasteiger partial charge in [0.1, 0.15) is 16.7 Å². The van der Waals surface area contributed by atoms with Crippen molar-refractivity contribution in [1.82, 2.24) is 14.7 Å². The van der Waals surface area contributed by atoms with Crippen LogP contribution in [-0.4, -0.2) is 25.8 Å². The van der Waals surface area contributed by atoms with E-state index in [2.05, 4.69) is 14.7 Å². The zero-order valence-corrected chi connectivity index (χ0v) is 17.9. The van der Waals surface area contributed by atoms with Crippen molar-refractivity contribution in [3.63, 3.8) is 0 Å². The van der Waals surface area contributed by atoms with Gasteiger partial charge in [0.15, 0.2) is 0 Å². The molecule has 0 bridgehead atoms. The Morgan fingerprint density at radius 3 is 2.67 bits per heavy atom. The maximum Gasteiger partial charge on any atom is 0.281 e. The summed E-state index contributed by atoms with van der Waals surface area (Å²) in [5.74, 6) is -0.0879. The van der Waals surface area contributed by atoms with Gasteiger partial charge in [-0.1, -0.05) is 61.0 Å². The van der Waals surface area contributed by atoms with Crippen LogP contribution in [0.15, 0.2) is 66.7 Å². The Morgan fingerprint density at radius 2 is 1.90 bits per heavy atom. The molecule has 0 fully saturated rings. The van der Waals surface area contributed by atoms with Gasteiger partial charge >= 0.3 is 0 Å². The highest BCUT2D eigenvalue weighted by Gasteiger charge is 2.16. The highest BCUT2D eigenvalue weighted by Crippen LogP contribution is 2.33. The second kappa shape index (κ2) is 8.81. The molecule has 30 heavy (non-hydrogen) atoms. The highest BCUT2D eigenvalue weighted by atomic mass is 35.5. The van der Waals surface area contributed by atoms with Gasteiger partial charge in [0.05, 0.1) is 5.69 Å². The first-order valence-corrected chi connectivity index (χ1v) is 11.3. The fourth-order valence-electron chi connectivity index (χ4n) is 3.38. The SMILES string of the molecule is CCS(=O)NC(=O)c1cccc(Cc2c(-c3ccccc3)[nH]c3cc(Cl)ccc23)n1. The number of aromatic amines is 1. The average Bonchev–Trinajstić information content (AvgIpc) is 3.11. The zero-order valence-electron chi connectivity index (χ0n) is 16.3. The van der Waals surface area contributed by atoms with Gasteiger partial charge in [-0.2, -0.15) is 0 Å². The number of rotatable bonds is 6. The predicted octanol–water partition coefficient (Wildman–Crippen LogP) is 4.89. The summed E-state index contributed by atoms with van der Waals surface area (Å²) in [6.45, 7) is 1.74. The van der Waals surface area contributed by atoms with E-state index in [4.69, 9.17) is 11.6 Å². The number of hydrogen-bond acceptors (Lipinski definition) is 3. The second-order valence-corrected chi connectivity index (χ2v) is 8.70. The minimum Gasteiger partial charge on any atom is -0.354 e. The second-order valence-electron chi connectivity index (χ2n) is 6.79. The zero-order chi connectivity index (χ0) is 21.1. The van der Waals surface area contributed by atoms with Crippen molar-refractivity contribution < 1.29 is 9.00 Å². The van der Waals surface area contributed by atoms with E-state index < -0.39 is 16.9 Å². The lowest BCUT2D eigenvalue weighted by Gasteiger charge is -2.07. The first kappa shape index (κ1) is 20.3. The minimum absolute atomic E-state index is 0.249. The van der Waals surface area contributed by atoms with Crippen molar-refractivity contribution >= 4 is 39.4 Å². The molecule has 5 nitrogen and oxygen atoms in total. The molecule has 4 aromatic rings. The third kappa shape index (κ3) is 4.30. The Kier molecular flexibility index (Phi) is 5.97. The number of pyridine rings is 1. The summed E-state index contributed by atoms with van der Waals surface area (Å²) in [7, 11) is -1.40. The molecule has 4 rings (SSSR count). The van der Waals surface area contributed by atoms with Gasteiger partial charge in [0.25, 0.3) is 5.91 Å². The molecule has 0 saturated carbocycles. The molecule has 0 aliphatic heterocycles. The van der Waals surface area contributed by atoms with E-state index in [0.717, 1.165) is 33.4 Å². The number of halogens is 1. The molecule has 0 aliphatic carbocycles. The van der Waals surface area contributed by atoms with Gasteiger partial charge in [0.2, 0.25) is 0 Å². The van der Waals surface area contributed by atoms with Gasteiger partial charge < -0.3 is 4.98 Å². The molecule has 2 heterocycles. The molecule has 1 atom stereocenters. The molecule has 0 saturated heterocycles. The largest absolute Gasteiger partial charge is 0.354 e. The number of carbonyl (C=O) groups is 1. The topological polar surface area (TPSA) is 74.8 Å². The summed E-state index contributed by atoms with van der Waals surface area (Å²) < 4.78 is 14.1. The van der Waals surface area contributed by atoms with Crippen LogP contribution in [0.3, 0.4) is 0 Å². The molecule has 0 aliphatic rings. The Balaban J connectivity index is 1.74. The lowest BCUT2D eigenvalue weighted by molar-refractivity contribution is 0.0978. The summed E-state index contributed by atoms with van der Waals surface area (Å²) in [6.07, 6.45) is 0.532. The molecule has 2 aromatic heterocycles. The van der Waals surface area contributed by atoms with E-state index in [1.165, 1.54) is 0 Å². The normalized spacial score (nSPS) is 12.1. The number of nitrogens with zero attached hydrogens (tertiary/aromatic N) is 1. The Labute approximate surface area is 182 Å². The lowest BCUT2D eigenvalue weighted by atomic mass is 10.0. The van der Waals surface area contributed by atoms with E-state index in [-0.39, 0.29) is 5.69 Å². The van der Waals surface area contributed by atoms with E-state index >= 15 is 0 Å². The first-order valence-electron chi connectivity index (χ1n) is 9.56. The molecular weight excluding hydrogens is 418 g/mol. The van der Waals surface area contributed by atoms with E-state index in [9.17, 15) is 9.00 Å². The van der Waals surface area contributed by atoms with Crippen LogP contribution in [0, 0.1) is 0 Å². The summed E-state index contributed by atoms with van der Waals surface area (Å²) >= 11 is 6.19. The fraction of sp³-hybridized carbons (Fsp3) is 0.130. The number of nitrogens with one attached hydrogen (secondary N) is 2. The molecule has 1 unspecified atom stereocenters. The molecule has 7 heteroatoms. The third-order valence-electron chi connectivity index (χ3n) is 4.80.